The van der Waals surface area contributed by atoms with Gasteiger partial charge in [0.05, 0.1) is 0 Å². The largest absolute Gasteiger partial charge is 0.453 e. The molecule has 0 fully saturated rings. The number of halogens is 6. The third-order valence-corrected chi connectivity index (χ3v) is 6.33. The van der Waals surface area contributed by atoms with Crippen LogP contribution in [0.25, 0.3) is 22.3 Å². The molecule has 5 aromatic rings. The van der Waals surface area contributed by atoms with Gasteiger partial charge < -0.3 is 20.9 Å². The normalized spacial score (nSPS) is 11.8. The van der Waals surface area contributed by atoms with Crippen LogP contribution in [0.2, 0.25) is 0 Å². The van der Waals surface area contributed by atoms with Crippen LogP contribution in [-0.4, -0.2) is 0 Å². The summed E-state index contributed by atoms with van der Waals surface area (Å²) in [5.74, 6) is -1.71. The molecular formula is C32H22F6N2O2. The van der Waals surface area contributed by atoms with Crippen molar-refractivity contribution in [3.8, 4) is 45.3 Å². The van der Waals surface area contributed by atoms with Crippen LogP contribution < -0.4 is 20.9 Å². The smallest absolute Gasteiger partial charge is 0.420 e. The Hall–Kier alpha value is -5.12. The topological polar surface area (TPSA) is 70.5 Å². The lowest BCUT2D eigenvalue weighted by Crippen LogP contribution is -2.09. The summed E-state index contributed by atoms with van der Waals surface area (Å²) in [4.78, 5) is 0. The minimum absolute atomic E-state index is 0.145. The van der Waals surface area contributed by atoms with Crippen molar-refractivity contribution in [2.75, 3.05) is 11.5 Å². The first kappa shape index (κ1) is 28.4. The Morgan fingerprint density at radius 2 is 0.952 bits per heavy atom. The SMILES string of the molecule is Nc1ccc(Oc2cccc(-c3ccccc3-c3ccccc3)c2Oc2ccc(N)cc2C(F)(F)F)c(C(F)(F)F)c1. The van der Waals surface area contributed by atoms with E-state index < -0.39 is 35.0 Å². The Morgan fingerprint density at radius 3 is 1.52 bits per heavy atom. The quantitative estimate of drug-likeness (QED) is 0.155. The number of rotatable bonds is 6. The van der Waals surface area contributed by atoms with Gasteiger partial charge in [-0.3, -0.25) is 0 Å². The standard InChI is InChI=1S/C32H22F6N2O2/c33-31(34,35)25-17-20(39)13-15-27(25)41-29-12-6-11-24(23-10-5-4-9-22(23)19-7-2-1-3-8-19)30(29)42-28-16-14-21(40)18-26(28)32(36,37)38/h1-18H,39-40H2. The summed E-state index contributed by atoms with van der Waals surface area (Å²) < 4.78 is 95.3. The number of nitrogens with two attached hydrogens (primary N) is 2. The van der Waals surface area contributed by atoms with Crippen molar-refractivity contribution in [1.82, 2.24) is 0 Å². The highest BCUT2D eigenvalue weighted by Gasteiger charge is 2.37. The molecule has 0 heterocycles. The molecule has 0 saturated carbocycles. The number of benzene rings is 5. The molecule has 0 spiro atoms. The van der Waals surface area contributed by atoms with Crippen LogP contribution in [0.1, 0.15) is 11.1 Å². The fourth-order valence-corrected chi connectivity index (χ4v) is 4.45. The van der Waals surface area contributed by atoms with Gasteiger partial charge in [-0.05, 0) is 59.2 Å². The highest BCUT2D eigenvalue weighted by atomic mass is 19.4. The maximum atomic E-state index is 14.0. The Balaban J connectivity index is 1.74. The van der Waals surface area contributed by atoms with Gasteiger partial charge in [0, 0.05) is 16.9 Å². The van der Waals surface area contributed by atoms with Gasteiger partial charge in [-0.2, -0.15) is 26.3 Å². The first-order valence-corrected chi connectivity index (χ1v) is 12.5. The molecule has 0 radical (unpaired) electrons. The van der Waals surface area contributed by atoms with Crippen LogP contribution in [0.3, 0.4) is 0 Å². The van der Waals surface area contributed by atoms with Gasteiger partial charge in [0.15, 0.2) is 11.5 Å². The first-order chi connectivity index (χ1) is 19.9. The van der Waals surface area contributed by atoms with Crippen molar-refractivity contribution >= 4 is 11.4 Å². The lowest BCUT2D eigenvalue weighted by molar-refractivity contribution is -0.139. The molecule has 4 N–H and O–H groups in total. The van der Waals surface area contributed by atoms with Crippen LogP contribution >= 0.6 is 0 Å². The van der Waals surface area contributed by atoms with Crippen LogP contribution in [0.15, 0.2) is 109 Å². The van der Waals surface area contributed by atoms with Crippen molar-refractivity contribution in [3.05, 3.63) is 120 Å². The molecule has 5 rings (SSSR count). The molecule has 4 nitrogen and oxygen atoms in total. The fraction of sp³-hybridized carbons (Fsp3) is 0.0625. The number of nitrogen functional groups attached to an aromatic ring is 2. The molecule has 0 saturated heterocycles. The zero-order valence-corrected chi connectivity index (χ0v) is 21.6. The van der Waals surface area contributed by atoms with Crippen molar-refractivity contribution in [2.24, 2.45) is 0 Å². The predicted molar refractivity (Wildman–Crippen MR) is 149 cm³/mol. The monoisotopic (exact) mass is 580 g/mol. The minimum atomic E-state index is -4.84. The van der Waals surface area contributed by atoms with Crippen molar-refractivity contribution in [1.29, 1.82) is 0 Å². The number of ether oxygens (including phenoxy) is 2. The van der Waals surface area contributed by atoms with E-state index in [2.05, 4.69) is 0 Å². The average Bonchev–Trinajstić information content (AvgIpc) is 2.95. The molecule has 0 aliphatic carbocycles. The van der Waals surface area contributed by atoms with E-state index >= 15 is 0 Å². The summed E-state index contributed by atoms with van der Waals surface area (Å²) in [5.41, 5.74) is 10.9. The highest BCUT2D eigenvalue weighted by Crippen LogP contribution is 2.49. The van der Waals surface area contributed by atoms with E-state index in [1.165, 1.54) is 24.3 Å². The summed E-state index contributed by atoms with van der Waals surface area (Å²) in [6.07, 6.45) is -9.67. The van der Waals surface area contributed by atoms with E-state index in [0.717, 1.165) is 23.8 Å². The summed E-state index contributed by atoms with van der Waals surface area (Å²) in [6, 6.07) is 26.6. The van der Waals surface area contributed by atoms with E-state index in [1.54, 1.807) is 24.3 Å². The number of hydrogen-bond donors (Lipinski definition) is 2. The number of hydrogen-bond acceptors (Lipinski definition) is 4. The van der Waals surface area contributed by atoms with E-state index in [-0.39, 0.29) is 28.4 Å². The van der Waals surface area contributed by atoms with Crippen molar-refractivity contribution < 1.29 is 35.8 Å². The fourth-order valence-electron chi connectivity index (χ4n) is 4.45. The zero-order chi connectivity index (χ0) is 30.1. The molecule has 0 amide bonds. The van der Waals surface area contributed by atoms with Crippen LogP contribution in [0.4, 0.5) is 37.7 Å². The molecule has 0 atom stereocenters. The molecule has 0 unspecified atom stereocenters. The lowest BCUT2D eigenvalue weighted by Gasteiger charge is -2.21. The molecule has 0 aliphatic rings. The van der Waals surface area contributed by atoms with Crippen LogP contribution in [-0.2, 0) is 12.4 Å². The van der Waals surface area contributed by atoms with Gasteiger partial charge in [0.25, 0.3) is 0 Å². The van der Waals surface area contributed by atoms with E-state index in [4.69, 9.17) is 20.9 Å². The zero-order valence-electron chi connectivity index (χ0n) is 21.6. The number of alkyl halides is 6. The molecule has 0 aromatic heterocycles. The summed E-state index contributed by atoms with van der Waals surface area (Å²) in [5, 5.41) is 0. The Kier molecular flexibility index (Phi) is 7.47. The molecule has 214 valence electrons. The molecule has 10 heteroatoms. The third kappa shape index (κ3) is 5.97. The Morgan fingerprint density at radius 1 is 0.452 bits per heavy atom. The summed E-state index contributed by atoms with van der Waals surface area (Å²) in [6.45, 7) is 0. The maximum absolute atomic E-state index is 14.0. The number of para-hydroxylation sites is 1. The second-order valence-electron chi connectivity index (χ2n) is 9.26. The highest BCUT2D eigenvalue weighted by molar-refractivity contribution is 5.87. The van der Waals surface area contributed by atoms with Gasteiger partial charge in [0.2, 0.25) is 0 Å². The predicted octanol–water partition coefficient (Wildman–Crippen LogP) is 9.81. The first-order valence-electron chi connectivity index (χ1n) is 12.5. The molecule has 42 heavy (non-hydrogen) atoms. The van der Waals surface area contributed by atoms with Crippen molar-refractivity contribution in [2.45, 2.75) is 12.4 Å². The third-order valence-electron chi connectivity index (χ3n) is 6.33. The second kappa shape index (κ2) is 11.0. The minimum Gasteiger partial charge on any atom is -0.453 e. The summed E-state index contributed by atoms with van der Waals surface area (Å²) >= 11 is 0. The second-order valence-corrected chi connectivity index (χ2v) is 9.26. The van der Waals surface area contributed by atoms with Gasteiger partial charge in [-0.25, -0.2) is 0 Å². The van der Waals surface area contributed by atoms with E-state index in [0.29, 0.717) is 17.2 Å². The average molecular weight is 581 g/mol. The molecular weight excluding hydrogens is 558 g/mol. The van der Waals surface area contributed by atoms with E-state index in [9.17, 15) is 26.3 Å². The maximum Gasteiger partial charge on any atom is 0.420 e. The lowest BCUT2D eigenvalue weighted by atomic mass is 9.94. The van der Waals surface area contributed by atoms with Crippen LogP contribution in [0, 0.1) is 0 Å². The van der Waals surface area contributed by atoms with Gasteiger partial charge in [0.1, 0.15) is 22.6 Å². The summed E-state index contributed by atoms with van der Waals surface area (Å²) in [7, 11) is 0. The van der Waals surface area contributed by atoms with Gasteiger partial charge >= 0.3 is 12.4 Å². The Bertz CT molecular complexity index is 1730. The number of anilines is 2. The molecule has 0 bridgehead atoms. The van der Waals surface area contributed by atoms with Crippen LogP contribution in [0.5, 0.6) is 23.0 Å². The van der Waals surface area contributed by atoms with E-state index in [1.807, 2.05) is 36.4 Å². The van der Waals surface area contributed by atoms with Gasteiger partial charge in [-0.15, -0.1) is 0 Å². The van der Waals surface area contributed by atoms with Crippen molar-refractivity contribution in [3.63, 3.8) is 0 Å². The molecule has 5 aromatic carbocycles. The van der Waals surface area contributed by atoms with Gasteiger partial charge in [-0.1, -0.05) is 66.7 Å². The molecule has 0 aliphatic heterocycles. The Labute approximate surface area is 236 Å².